The number of piperidine rings is 1. The van der Waals surface area contributed by atoms with Crippen LogP contribution in [0.4, 0.5) is 0 Å². The Morgan fingerprint density at radius 2 is 2.07 bits per heavy atom. The molecule has 1 saturated heterocycles. The molecule has 1 aliphatic heterocycles. The molecule has 1 fully saturated rings. The monoisotopic (exact) mass is 406 g/mol. The van der Waals surface area contributed by atoms with E-state index in [-0.39, 0.29) is 16.8 Å². The smallest absolute Gasteiger partial charge is 0.254 e. The van der Waals surface area contributed by atoms with Crippen LogP contribution in [0.1, 0.15) is 47.0 Å². The first-order chi connectivity index (χ1) is 12.8. The van der Waals surface area contributed by atoms with Gasteiger partial charge in [0.15, 0.2) is 0 Å². The number of hydrogen-bond donors (Lipinski definition) is 0. The molecule has 0 N–H and O–H groups in total. The van der Waals surface area contributed by atoms with E-state index in [1.54, 1.807) is 45.8 Å². The van der Waals surface area contributed by atoms with Crippen molar-refractivity contribution in [2.45, 2.75) is 50.6 Å². The fraction of sp³-hybridized carbons (Fsp3) is 0.450. The van der Waals surface area contributed by atoms with Gasteiger partial charge in [-0.2, -0.15) is 4.31 Å². The number of sulfonamides is 1. The molecule has 0 saturated carbocycles. The van der Waals surface area contributed by atoms with Crippen LogP contribution in [0.5, 0.6) is 0 Å². The summed E-state index contributed by atoms with van der Waals surface area (Å²) in [6, 6.07) is 8.82. The largest absolute Gasteiger partial charge is 0.337 e. The van der Waals surface area contributed by atoms with Gasteiger partial charge in [0.25, 0.3) is 5.91 Å². The van der Waals surface area contributed by atoms with Gasteiger partial charge < -0.3 is 4.90 Å². The van der Waals surface area contributed by atoms with Gasteiger partial charge in [-0.05, 0) is 55.8 Å². The number of carbonyl (C=O) groups is 1. The van der Waals surface area contributed by atoms with Crippen molar-refractivity contribution in [3.63, 3.8) is 0 Å². The minimum absolute atomic E-state index is 0.00860. The Labute approximate surface area is 165 Å². The molecule has 1 aromatic carbocycles. The van der Waals surface area contributed by atoms with Gasteiger partial charge in [0, 0.05) is 30.1 Å². The van der Waals surface area contributed by atoms with Crippen LogP contribution >= 0.6 is 11.3 Å². The molecule has 0 bridgehead atoms. The maximum atomic E-state index is 13.1. The summed E-state index contributed by atoms with van der Waals surface area (Å²) in [6.07, 6.45) is 2.81. The van der Waals surface area contributed by atoms with Crippen LogP contribution in [-0.4, -0.2) is 43.2 Å². The van der Waals surface area contributed by atoms with Crippen molar-refractivity contribution >= 4 is 27.3 Å². The lowest BCUT2D eigenvalue weighted by atomic mass is 10.1. The number of nitrogens with zero attached hydrogens (tertiary/aromatic N) is 2. The van der Waals surface area contributed by atoms with Gasteiger partial charge in [-0.25, -0.2) is 8.42 Å². The quantitative estimate of drug-likeness (QED) is 0.757. The van der Waals surface area contributed by atoms with Crippen molar-refractivity contribution in [2.24, 2.45) is 0 Å². The van der Waals surface area contributed by atoms with Gasteiger partial charge in [-0.15, -0.1) is 11.3 Å². The summed E-state index contributed by atoms with van der Waals surface area (Å²) in [4.78, 5) is 15.9. The van der Waals surface area contributed by atoms with Gasteiger partial charge in [0.05, 0.1) is 11.4 Å². The second-order valence-corrected chi connectivity index (χ2v) is 10.1. The number of hydrogen-bond acceptors (Lipinski definition) is 4. The number of rotatable bonds is 5. The van der Waals surface area contributed by atoms with E-state index < -0.39 is 10.0 Å². The number of carbonyl (C=O) groups excluding carboxylic acids is 1. The first kappa shape index (κ1) is 20.0. The van der Waals surface area contributed by atoms with Gasteiger partial charge >= 0.3 is 0 Å². The highest BCUT2D eigenvalue weighted by molar-refractivity contribution is 7.89. The van der Waals surface area contributed by atoms with E-state index in [0.717, 1.165) is 29.7 Å². The van der Waals surface area contributed by atoms with Crippen LogP contribution in [0, 0.1) is 6.92 Å². The topological polar surface area (TPSA) is 57.7 Å². The SMILES string of the molecule is Cc1ccc(S(=O)(=O)N2CCCCC2C)cc1C(=O)N(C)Cc1cccs1. The third kappa shape index (κ3) is 4.25. The van der Waals surface area contributed by atoms with Crippen molar-refractivity contribution in [2.75, 3.05) is 13.6 Å². The predicted octanol–water partition coefficient (Wildman–Crippen LogP) is 3.89. The minimum atomic E-state index is -3.59. The molecular weight excluding hydrogens is 380 g/mol. The second kappa shape index (κ2) is 8.12. The fourth-order valence-corrected chi connectivity index (χ4v) is 5.95. The van der Waals surface area contributed by atoms with E-state index in [2.05, 4.69) is 0 Å². The first-order valence-electron chi connectivity index (χ1n) is 9.21. The van der Waals surface area contributed by atoms with E-state index in [1.807, 2.05) is 31.4 Å². The molecule has 1 amide bonds. The van der Waals surface area contributed by atoms with E-state index in [4.69, 9.17) is 0 Å². The Kier molecular flexibility index (Phi) is 6.03. The first-order valence-corrected chi connectivity index (χ1v) is 11.5. The lowest BCUT2D eigenvalue weighted by Crippen LogP contribution is -2.42. The van der Waals surface area contributed by atoms with Gasteiger partial charge in [0.1, 0.15) is 0 Å². The Morgan fingerprint density at radius 3 is 2.74 bits per heavy atom. The molecule has 1 aliphatic rings. The molecule has 1 atom stereocenters. The summed E-state index contributed by atoms with van der Waals surface area (Å²) in [6.45, 7) is 4.84. The van der Waals surface area contributed by atoms with Crippen molar-refractivity contribution in [1.29, 1.82) is 0 Å². The Bertz CT molecular complexity index is 907. The van der Waals surface area contributed by atoms with Crippen molar-refractivity contribution in [1.82, 2.24) is 9.21 Å². The van der Waals surface area contributed by atoms with E-state index in [1.165, 1.54) is 0 Å². The van der Waals surface area contributed by atoms with Crippen molar-refractivity contribution in [3.8, 4) is 0 Å². The highest BCUT2D eigenvalue weighted by Gasteiger charge is 2.31. The van der Waals surface area contributed by atoms with Crippen molar-refractivity contribution in [3.05, 3.63) is 51.7 Å². The Balaban J connectivity index is 1.88. The molecule has 2 aromatic rings. The minimum Gasteiger partial charge on any atom is -0.337 e. The lowest BCUT2D eigenvalue weighted by Gasteiger charge is -2.32. The molecule has 1 unspecified atom stereocenters. The average Bonchev–Trinajstić information content (AvgIpc) is 3.14. The summed E-state index contributed by atoms with van der Waals surface area (Å²) in [5.41, 5.74) is 1.23. The third-order valence-corrected chi connectivity index (χ3v) is 7.98. The van der Waals surface area contributed by atoms with Gasteiger partial charge in [-0.3, -0.25) is 4.79 Å². The molecule has 7 heteroatoms. The molecular formula is C20H26N2O3S2. The number of amides is 1. The summed E-state index contributed by atoms with van der Waals surface area (Å²) in [5.74, 6) is -0.162. The van der Waals surface area contributed by atoms with Gasteiger partial charge in [0.2, 0.25) is 10.0 Å². The number of benzene rings is 1. The standard InChI is InChI=1S/C20H26N2O3S2/c1-15-9-10-18(27(24,25)22-11-5-4-7-16(22)2)13-19(15)20(23)21(3)14-17-8-6-12-26-17/h6,8-10,12-13,16H,4-5,7,11,14H2,1-3H3. The third-order valence-electron chi connectivity index (χ3n) is 5.11. The van der Waals surface area contributed by atoms with E-state index in [9.17, 15) is 13.2 Å². The van der Waals surface area contributed by atoms with Crippen LogP contribution in [0.15, 0.2) is 40.6 Å². The van der Waals surface area contributed by atoms with E-state index in [0.29, 0.717) is 18.7 Å². The molecule has 146 valence electrons. The highest BCUT2D eigenvalue weighted by Crippen LogP contribution is 2.27. The average molecular weight is 407 g/mol. The van der Waals surface area contributed by atoms with Crippen LogP contribution in [0.2, 0.25) is 0 Å². The summed E-state index contributed by atoms with van der Waals surface area (Å²) < 4.78 is 27.8. The summed E-state index contributed by atoms with van der Waals surface area (Å²) in [5, 5.41) is 1.98. The highest BCUT2D eigenvalue weighted by atomic mass is 32.2. The predicted molar refractivity (Wildman–Crippen MR) is 109 cm³/mol. The molecule has 0 aliphatic carbocycles. The lowest BCUT2D eigenvalue weighted by molar-refractivity contribution is 0.0785. The summed E-state index contributed by atoms with van der Waals surface area (Å²) >= 11 is 1.60. The zero-order valence-electron chi connectivity index (χ0n) is 16.0. The molecule has 0 spiro atoms. The summed E-state index contributed by atoms with van der Waals surface area (Å²) in [7, 11) is -1.85. The molecule has 3 rings (SSSR count). The number of aryl methyl sites for hydroxylation is 1. The van der Waals surface area contributed by atoms with Crippen LogP contribution in [0.3, 0.4) is 0 Å². The van der Waals surface area contributed by atoms with Gasteiger partial charge in [-0.1, -0.05) is 18.6 Å². The second-order valence-electron chi connectivity index (χ2n) is 7.18. The fourth-order valence-electron chi connectivity index (χ4n) is 3.47. The normalized spacial score (nSPS) is 18.4. The molecule has 1 aromatic heterocycles. The zero-order valence-corrected chi connectivity index (χ0v) is 17.6. The van der Waals surface area contributed by atoms with Crippen LogP contribution in [0.25, 0.3) is 0 Å². The Hall–Kier alpha value is -1.70. The maximum absolute atomic E-state index is 13.1. The molecule has 27 heavy (non-hydrogen) atoms. The zero-order chi connectivity index (χ0) is 19.6. The van der Waals surface area contributed by atoms with Crippen LogP contribution < -0.4 is 0 Å². The van der Waals surface area contributed by atoms with Crippen LogP contribution in [-0.2, 0) is 16.6 Å². The maximum Gasteiger partial charge on any atom is 0.254 e. The number of thiophene rings is 1. The molecule has 5 nitrogen and oxygen atoms in total. The van der Waals surface area contributed by atoms with Crippen molar-refractivity contribution < 1.29 is 13.2 Å². The Morgan fingerprint density at radius 1 is 1.30 bits per heavy atom. The molecule has 0 radical (unpaired) electrons. The molecule has 2 heterocycles. The van der Waals surface area contributed by atoms with E-state index >= 15 is 0 Å².